The minimum atomic E-state index is -0.355. The molecular formula is C15H16O3. The largest absolute Gasteiger partial charge is 0.485 e. The summed E-state index contributed by atoms with van der Waals surface area (Å²) in [5.74, 6) is 0.546. The van der Waals surface area contributed by atoms with E-state index in [4.69, 9.17) is 4.74 Å². The normalized spacial score (nSPS) is 17.3. The van der Waals surface area contributed by atoms with Gasteiger partial charge in [0, 0.05) is 12.5 Å². The maximum Gasteiger partial charge on any atom is 0.330 e. The Morgan fingerprint density at radius 3 is 3.00 bits per heavy atom. The van der Waals surface area contributed by atoms with E-state index in [2.05, 4.69) is 11.3 Å². The van der Waals surface area contributed by atoms with E-state index in [-0.39, 0.29) is 12.1 Å². The van der Waals surface area contributed by atoms with Crippen molar-refractivity contribution in [3.8, 4) is 5.75 Å². The topological polar surface area (TPSA) is 35.5 Å². The first-order valence-corrected chi connectivity index (χ1v) is 5.81. The molecular weight excluding hydrogens is 228 g/mol. The number of ether oxygens (including phenoxy) is 2. The second-order valence-corrected chi connectivity index (χ2v) is 4.38. The first-order valence-electron chi connectivity index (χ1n) is 5.81. The number of methoxy groups -OCH3 is 1. The van der Waals surface area contributed by atoms with Gasteiger partial charge in [-0.25, -0.2) is 4.79 Å². The standard InChI is InChI=1S/C15H16O3/c1-10(2)14-9-12-8-11(4-6-13(12)18-14)5-7-15(16)17-3/h4-8,14H,1,9H2,2-3H3. The van der Waals surface area contributed by atoms with Crippen LogP contribution in [0.3, 0.4) is 0 Å². The highest BCUT2D eigenvalue weighted by atomic mass is 16.5. The third kappa shape index (κ3) is 2.62. The summed E-state index contributed by atoms with van der Waals surface area (Å²) in [5.41, 5.74) is 3.14. The number of fused-ring (bicyclic) bond motifs is 1. The monoisotopic (exact) mass is 244 g/mol. The summed E-state index contributed by atoms with van der Waals surface area (Å²) in [4.78, 5) is 11.0. The van der Waals surface area contributed by atoms with E-state index in [0.717, 1.165) is 28.9 Å². The van der Waals surface area contributed by atoms with Gasteiger partial charge >= 0.3 is 5.97 Å². The van der Waals surface area contributed by atoms with Gasteiger partial charge in [-0.15, -0.1) is 0 Å². The SMILES string of the molecule is C=C(C)C1Cc2cc(C=CC(=O)OC)ccc2O1. The van der Waals surface area contributed by atoms with Gasteiger partial charge in [0.25, 0.3) is 0 Å². The molecule has 0 spiro atoms. The van der Waals surface area contributed by atoms with Crippen molar-refractivity contribution in [1.82, 2.24) is 0 Å². The summed E-state index contributed by atoms with van der Waals surface area (Å²) in [6.45, 7) is 5.88. The van der Waals surface area contributed by atoms with Crippen LogP contribution in [-0.2, 0) is 16.0 Å². The molecule has 1 unspecified atom stereocenters. The van der Waals surface area contributed by atoms with Crippen LogP contribution in [0.5, 0.6) is 5.75 Å². The summed E-state index contributed by atoms with van der Waals surface area (Å²) >= 11 is 0. The van der Waals surface area contributed by atoms with E-state index in [1.807, 2.05) is 25.1 Å². The molecule has 1 heterocycles. The molecule has 0 amide bonds. The molecule has 1 aliphatic rings. The smallest absolute Gasteiger partial charge is 0.330 e. The van der Waals surface area contributed by atoms with Crippen LogP contribution < -0.4 is 4.74 Å². The van der Waals surface area contributed by atoms with Crippen molar-refractivity contribution in [3.63, 3.8) is 0 Å². The average Bonchev–Trinajstić information content (AvgIpc) is 2.79. The van der Waals surface area contributed by atoms with Gasteiger partial charge in [-0.3, -0.25) is 0 Å². The van der Waals surface area contributed by atoms with Crippen molar-refractivity contribution in [1.29, 1.82) is 0 Å². The van der Waals surface area contributed by atoms with E-state index < -0.39 is 0 Å². The Bertz CT molecular complexity index is 514. The minimum Gasteiger partial charge on any atom is -0.485 e. The molecule has 0 aliphatic carbocycles. The fourth-order valence-electron chi connectivity index (χ4n) is 1.88. The lowest BCUT2D eigenvalue weighted by atomic mass is 10.0. The molecule has 3 heteroatoms. The highest BCUT2D eigenvalue weighted by Gasteiger charge is 2.22. The molecule has 1 aromatic carbocycles. The van der Waals surface area contributed by atoms with Gasteiger partial charge < -0.3 is 9.47 Å². The Hall–Kier alpha value is -2.03. The molecule has 3 nitrogen and oxygen atoms in total. The maximum atomic E-state index is 11.0. The summed E-state index contributed by atoms with van der Waals surface area (Å²) < 4.78 is 10.3. The zero-order valence-corrected chi connectivity index (χ0v) is 10.6. The van der Waals surface area contributed by atoms with Crippen LogP contribution in [0.1, 0.15) is 18.1 Å². The van der Waals surface area contributed by atoms with Crippen LogP contribution in [-0.4, -0.2) is 19.2 Å². The van der Waals surface area contributed by atoms with Gasteiger partial charge in [-0.2, -0.15) is 0 Å². The number of carbonyl (C=O) groups excluding carboxylic acids is 1. The summed E-state index contributed by atoms with van der Waals surface area (Å²) in [7, 11) is 1.36. The quantitative estimate of drug-likeness (QED) is 0.466. The maximum absolute atomic E-state index is 11.0. The van der Waals surface area contributed by atoms with Gasteiger partial charge in [0.05, 0.1) is 7.11 Å². The molecule has 1 aliphatic heterocycles. The molecule has 0 saturated heterocycles. The molecule has 94 valence electrons. The van der Waals surface area contributed by atoms with Crippen molar-refractivity contribution in [2.45, 2.75) is 19.4 Å². The van der Waals surface area contributed by atoms with Crippen LogP contribution >= 0.6 is 0 Å². The van der Waals surface area contributed by atoms with E-state index in [0.29, 0.717) is 0 Å². The van der Waals surface area contributed by atoms with Crippen LogP contribution in [0.2, 0.25) is 0 Å². The highest BCUT2D eigenvalue weighted by molar-refractivity contribution is 5.87. The molecule has 0 N–H and O–H groups in total. The lowest BCUT2D eigenvalue weighted by Crippen LogP contribution is -2.13. The number of benzene rings is 1. The fourth-order valence-corrected chi connectivity index (χ4v) is 1.88. The first kappa shape index (κ1) is 12.4. The van der Waals surface area contributed by atoms with Gasteiger partial charge in [-0.1, -0.05) is 12.6 Å². The number of hydrogen-bond donors (Lipinski definition) is 0. The molecule has 0 fully saturated rings. The van der Waals surface area contributed by atoms with Crippen LogP contribution in [0, 0.1) is 0 Å². The second-order valence-electron chi connectivity index (χ2n) is 4.38. The Morgan fingerprint density at radius 2 is 2.33 bits per heavy atom. The van der Waals surface area contributed by atoms with Crippen molar-refractivity contribution < 1.29 is 14.3 Å². The molecule has 0 saturated carbocycles. The molecule has 0 aromatic heterocycles. The Kier molecular flexibility index (Phi) is 3.51. The Labute approximate surface area is 107 Å². The third-order valence-electron chi connectivity index (χ3n) is 2.92. The lowest BCUT2D eigenvalue weighted by Gasteiger charge is -2.08. The van der Waals surface area contributed by atoms with Crippen LogP contribution in [0.4, 0.5) is 0 Å². The summed E-state index contributed by atoms with van der Waals surface area (Å²) in [5, 5.41) is 0. The van der Waals surface area contributed by atoms with E-state index in [1.165, 1.54) is 13.2 Å². The zero-order valence-electron chi connectivity index (χ0n) is 10.6. The zero-order chi connectivity index (χ0) is 13.1. The van der Waals surface area contributed by atoms with E-state index in [9.17, 15) is 4.79 Å². The van der Waals surface area contributed by atoms with Crippen molar-refractivity contribution in [3.05, 3.63) is 47.6 Å². The van der Waals surface area contributed by atoms with Gasteiger partial charge in [0.2, 0.25) is 0 Å². The van der Waals surface area contributed by atoms with E-state index >= 15 is 0 Å². The Balaban J connectivity index is 2.16. The predicted molar refractivity (Wildman–Crippen MR) is 70.4 cm³/mol. The van der Waals surface area contributed by atoms with Crippen LogP contribution in [0.15, 0.2) is 36.4 Å². The molecule has 2 rings (SSSR count). The van der Waals surface area contributed by atoms with Gasteiger partial charge in [0.1, 0.15) is 11.9 Å². The number of hydrogen-bond acceptors (Lipinski definition) is 3. The van der Waals surface area contributed by atoms with E-state index in [1.54, 1.807) is 6.08 Å². The summed E-state index contributed by atoms with van der Waals surface area (Å²) in [6, 6.07) is 5.87. The Morgan fingerprint density at radius 1 is 1.56 bits per heavy atom. The molecule has 0 bridgehead atoms. The van der Waals surface area contributed by atoms with Gasteiger partial charge in [-0.05, 0) is 41.8 Å². The molecule has 1 aromatic rings. The average molecular weight is 244 g/mol. The van der Waals surface area contributed by atoms with Crippen molar-refractivity contribution >= 4 is 12.0 Å². The summed E-state index contributed by atoms with van der Waals surface area (Å²) in [6.07, 6.45) is 4.05. The van der Waals surface area contributed by atoms with Crippen molar-refractivity contribution in [2.75, 3.05) is 7.11 Å². The number of esters is 1. The highest BCUT2D eigenvalue weighted by Crippen LogP contribution is 2.32. The molecule has 0 radical (unpaired) electrons. The molecule has 1 atom stereocenters. The molecule has 18 heavy (non-hydrogen) atoms. The number of carbonyl (C=O) groups is 1. The lowest BCUT2D eigenvalue weighted by molar-refractivity contribution is -0.134. The van der Waals surface area contributed by atoms with Crippen molar-refractivity contribution in [2.24, 2.45) is 0 Å². The van der Waals surface area contributed by atoms with Gasteiger partial charge in [0.15, 0.2) is 0 Å². The first-order chi connectivity index (χ1) is 8.60. The van der Waals surface area contributed by atoms with Crippen LogP contribution in [0.25, 0.3) is 6.08 Å². The predicted octanol–water partition coefficient (Wildman–Crippen LogP) is 2.75. The minimum absolute atomic E-state index is 0.0693. The second kappa shape index (κ2) is 5.08. The fraction of sp³-hybridized carbons (Fsp3) is 0.267. The number of rotatable bonds is 3. The third-order valence-corrected chi connectivity index (χ3v) is 2.92.